The topological polar surface area (TPSA) is 550 Å². The fourth-order valence-corrected chi connectivity index (χ4v) is 13.7. The molecule has 1 aromatic heterocycles. The third-order valence-corrected chi connectivity index (χ3v) is 18.6. The summed E-state index contributed by atoms with van der Waals surface area (Å²) in [5.74, 6) is 4.06. The molecule has 2 aromatic rings. The monoisotopic (exact) mass is 1400 g/mol. The Morgan fingerprint density at radius 2 is 1.52 bits per heavy atom. The second-order valence-corrected chi connectivity index (χ2v) is 25.8. The summed E-state index contributed by atoms with van der Waals surface area (Å²) in [6, 6.07) is 5.67. The Morgan fingerprint density at radius 1 is 0.817 bits per heavy atom. The van der Waals surface area contributed by atoms with E-state index in [-0.39, 0.29) is 125 Å². The molecular weight excluding hydrogens is 1320 g/mol. The molecule has 2 aliphatic heterocycles. The smallest absolute Gasteiger partial charge is 0.490 e. The first-order valence-corrected chi connectivity index (χ1v) is 34.4. The average molecular weight is 1400 g/mol. The number of phosphoric acid groups is 3. The van der Waals surface area contributed by atoms with Crippen LogP contribution in [0.4, 0.5) is 10.6 Å². The van der Waals surface area contributed by atoms with Gasteiger partial charge in [0.05, 0.1) is 103 Å². The number of anilines is 1. The van der Waals surface area contributed by atoms with Crippen molar-refractivity contribution in [2.24, 2.45) is 16.1 Å². The molecule has 39 nitrogen and oxygen atoms in total. The summed E-state index contributed by atoms with van der Waals surface area (Å²) in [6.07, 6.45) is 2.39. The molecule has 6 amide bonds. The summed E-state index contributed by atoms with van der Waals surface area (Å²) in [7, 11) is -17.0. The van der Waals surface area contributed by atoms with Gasteiger partial charge in [-0.1, -0.05) is 34.6 Å². The van der Waals surface area contributed by atoms with Crippen LogP contribution in [0.25, 0.3) is 20.9 Å². The van der Waals surface area contributed by atoms with E-state index >= 15 is 0 Å². The number of rotatable bonds is 46. The number of nitrogens with two attached hydrogens (primary N) is 1. The van der Waals surface area contributed by atoms with E-state index in [1.807, 2.05) is 11.8 Å². The fourth-order valence-electron chi connectivity index (χ4n) is 9.08. The Morgan fingerprint density at radius 3 is 2.25 bits per heavy atom. The van der Waals surface area contributed by atoms with Crippen LogP contribution >= 0.6 is 35.2 Å². The maximum atomic E-state index is 13.0. The van der Waals surface area contributed by atoms with Crippen LogP contribution in [0, 0.1) is 17.8 Å². The van der Waals surface area contributed by atoms with E-state index in [9.17, 15) is 52.2 Å². The van der Waals surface area contributed by atoms with Crippen molar-refractivity contribution in [3.05, 3.63) is 73.0 Å². The van der Waals surface area contributed by atoms with Gasteiger partial charge in [-0.15, -0.1) is 0 Å². The van der Waals surface area contributed by atoms with Crippen molar-refractivity contribution in [3.8, 4) is 17.6 Å². The molecule has 3 heterocycles. The summed E-state index contributed by atoms with van der Waals surface area (Å²) >= 11 is 1.87. The van der Waals surface area contributed by atoms with Crippen LogP contribution in [0.3, 0.4) is 0 Å². The summed E-state index contributed by atoms with van der Waals surface area (Å²) in [4.78, 5) is 120. The molecule has 0 radical (unpaired) electrons. The number of carbonyl (C=O) groups excluding carboxylic acids is 5. The molecule has 516 valence electrons. The van der Waals surface area contributed by atoms with Gasteiger partial charge in [0, 0.05) is 77.0 Å². The molecule has 1 saturated carbocycles. The molecule has 9 atom stereocenters. The number of urea groups is 1. The van der Waals surface area contributed by atoms with Crippen molar-refractivity contribution in [1.82, 2.24) is 41.5 Å². The van der Waals surface area contributed by atoms with Gasteiger partial charge >= 0.3 is 35.2 Å². The van der Waals surface area contributed by atoms with Gasteiger partial charge < -0.3 is 95.1 Å². The Balaban J connectivity index is 0.858. The van der Waals surface area contributed by atoms with Gasteiger partial charge in [-0.3, -0.25) is 28.3 Å². The normalized spacial score (nSPS) is 19.8. The average Bonchev–Trinajstić information content (AvgIpc) is 1.73. The van der Waals surface area contributed by atoms with Gasteiger partial charge in [0.2, 0.25) is 17.7 Å². The lowest BCUT2D eigenvalue weighted by molar-refractivity contribution is -0.126. The van der Waals surface area contributed by atoms with Crippen LogP contribution in [0.2, 0.25) is 0 Å². The standard InChI is InChI=1S/C50H76N15O24P3S/c51-47-35(28-65(50(71)61-47)37-25-36(40(27-37)86-33-58-63-52)29-87-91(75,76)89-92(77,78)88-90(72,73)74)6-4-11-54-44(68)30-83-23-24-84-45(62-64-53)31-85-38-7-3-5-34(26-38)48(69)57-13-12-55-43(67)10-15-79-17-19-81-21-22-82-20-18-80-16-14-56-42(66)9-2-1-8-41-46-39(32-93-41)59-49(70)60-46/h3,5,7,26,28,36-37,39-41,45-46H,1-2,8-25,27,29-33H2,(H,54,68)(H,55,67)(H,56,66)(H,57,69)(H,75,76)(H,77,78)(H2,51,61,71)(H2,59,60,70)(H2,72,73,74)/t36-,37-,39?,40?,41?,45?,46?/m1/s1. The predicted molar refractivity (Wildman–Crippen MR) is 325 cm³/mol. The third-order valence-electron chi connectivity index (χ3n) is 13.3. The summed E-state index contributed by atoms with van der Waals surface area (Å²) in [5.41, 5.74) is 23.2. The number of benzene rings is 1. The van der Waals surface area contributed by atoms with E-state index in [1.165, 1.54) is 12.3 Å². The highest BCUT2D eigenvalue weighted by atomic mass is 32.2. The van der Waals surface area contributed by atoms with Crippen LogP contribution in [0.15, 0.2) is 45.5 Å². The molecule has 12 N–H and O–H groups in total. The quantitative estimate of drug-likeness (QED) is 0.00842. The number of unbranched alkanes of at least 4 members (excludes halogenated alkanes) is 1. The molecule has 1 aromatic carbocycles. The highest BCUT2D eigenvalue weighted by Crippen LogP contribution is 2.66. The summed E-state index contributed by atoms with van der Waals surface area (Å²) in [5, 5.41) is 23.9. The highest BCUT2D eigenvalue weighted by Gasteiger charge is 2.44. The van der Waals surface area contributed by atoms with E-state index in [0.717, 1.165) is 29.6 Å². The first-order valence-electron chi connectivity index (χ1n) is 28.9. The first kappa shape index (κ1) is 77.2. The SMILES string of the molecule is [N-]=[N+]=NCOC1C[C@H](n2cc(C#CCNC(=O)COCCOC(COc3cccc(C(=O)NCCNC(=O)CCOCCOCCOCCOCCNC(=O)CCCCC4SCC5NC(=O)NC54)c3)N=[N+]=[N-])c(N)nc2=O)C[C@@H]1COP(=O)(O)OP(=O)(O)OP(=O)(O)O. The van der Waals surface area contributed by atoms with Gasteiger partial charge in [0.1, 0.15) is 31.5 Å². The first-order chi connectivity index (χ1) is 44.5. The molecule has 43 heteroatoms. The number of hydrogen-bond donors (Lipinski definition) is 11. The van der Waals surface area contributed by atoms with Crippen LogP contribution in [-0.4, -0.2) is 213 Å². The predicted octanol–water partition coefficient (Wildman–Crippen LogP) is 1.13. The minimum atomic E-state index is -5.81. The summed E-state index contributed by atoms with van der Waals surface area (Å²) < 4.78 is 92.5. The zero-order valence-corrected chi connectivity index (χ0v) is 53.7. The lowest BCUT2D eigenvalue weighted by Crippen LogP contribution is -2.36. The largest absolute Gasteiger partial charge is 0.491 e. The number of carbonyl (C=O) groups is 5. The Hall–Kier alpha value is -6.49. The molecule has 5 rings (SSSR count). The van der Waals surface area contributed by atoms with Crippen molar-refractivity contribution in [3.63, 3.8) is 0 Å². The minimum Gasteiger partial charge on any atom is -0.491 e. The number of nitrogens with zero attached hydrogens (tertiary/aromatic N) is 8. The Kier molecular flexibility index (Phi) is 34.3. The van der Waals surface area contributed by atoms with E-state index < -0.39 is 85.2 Å². The molecule has 3 aliphatic rings. The zero-order chi connectivity index (χ0) is 67.5. The molecule has 1 aliphatic carbocycles. The number of hydrogen-bond acceptors (Lipinski definition) is 25. The molecule has 0 spiro atoms. The van der Waals surface area contributed by atoms with Gasteiger partial charge in [0.25, 0.3) is 5.91 Å². The molecule has 0 bridgehead atoms. The summed E-state index contributed by atoms with van der Waals surface area (Å²) in [6.45, 7) is 0.877. The Labute approximate surface area is 536 Å². The van der Waals surface area contributed by atoms with Crippen molar-refractivity contribution in [1.29, 1.82) is 0 Å². The number of azide groups is 2. The molecule has 93 heavy (non-hydrogen) atoms. The number of nitrogen functional groups attached to an aromatic ring is 1. The maximum absolute atomic E-state index is 13.0. The van der Waals surface area contributed by atoms with Crippen molar-refractivity contribution < 1.29 is 108 Å². The van der Waals surface area contributed by atoms with Crippen molar-refractivity contribution in [2.45, 2.75) is 80.7 Å². The number of aromatic nitrogens is 2. The maximum Gasteiger partial charge on any atom is 0.490 e. The molecule has 2 saturated heterocycles. The van der Waals surface area contributed by atoms with E-state index in [4.69, 9.17) is 69.0 Å². The number of phosphoric ester groups is 1. The van der Waals surface area contributed by atoms with Gasteiger partial charge in [-0.2, -0.15) is 25.4 Å². The van der Waals surface area contributed by atoms with Gasteiger partial charge in [-0.25, -0.2) is 23.3 Å². The number of thioether (sulfide) groups is 1. The minimum absolute atomic E-state index is 0.00754. The number of nitrogens with one attached hydrogen (secondary N) is 6. The molecular formula is C50H76N15O24P3S. The lowest BCUT2D eigenvalue weighted by atomic mass is 10.0. The van der Waals surface area contributed by atoms with Crippen LogP contribution in [0.5, 0.6) is 5.75 Å². The molecule has 3 fully saturated rings. The zero-order valence-electron chi connectivity index (χ0n) is 50.2. The van der Waals surface area contributed by atoms with Crippen LogP contribution < -0.4 is 48.1 Å². The van der Waals surface area contributed by atoms with Crippen LogP contribution in [0.1, 0.15) is 66.9 Å². The van der Waals surface area contributed by atoms with Gasteiger partial charge in [0.15, 0.2) is 6.23 Å². The second-order valence-electron chi connectivity index (χ2n) is 20.1. The van der Waals surface area contributed by atoms with E-state index in [2.05, 4.69) is 77.4 Å². The lowest BCUT2D eigenvalue weighted by Gasteiger charge is -2.21. The van der Waals surface area contributed by atoms with Gasteiger partial charge in [-0.05, 0) is 54.9 Å². The van der Waals surface area contributed by atoms with Crippen LogP contribution in [-0.2, 0) is 74.4 Å². The van der Waals surface area contributed by atoms with E-state index in [1.54, 1.807) is 18.2 Å². The van der Waals surface area contributed by atoms with E-state index in [0.29, 0.717) is 57.9 Å². The number of fused-ring (bicyclic) bond motifs is 1. The van der Waals surface area contributed by atoms with Crippen molar-refractivity contribution in [2.75, 3.05) is 130 Å². The molecule has 7 unspecified atom stereocenters. The third kappa shape index (κ3) is 31.1. The number of amides is 6. The second kappa shape index (κ2) is 41.4. The number of ether oxygens (including phenoxy) is 8. The fraction of sp³-hybridized carbons (Fsp3) is 0.660. The van der Waals surface area contributed by atoms with Crippen molar-refractivity contribution >= 4 is 70.7 Å². The highest BCUT2D eigenvalue weighted by molar-refractivity contribution is 8.00. The Bertz CT molecular complexity index is 3150.